The Bertz CT molecular complexity index is 685. The molecule has 0 saturated heterocycles. The number of ether oxygens (including phenoxy) is 1. The zero-order valence-electron chi connectivity index (χ0n) is 11.0. The molecule has 0 saturated carbocycles. The molecule has 0 bridgehead atoms. The second-order valence-corrected chi connectivity index (χ2v) is 4.53. The lowest BCUT2D eigenvalue weighted by Gasteiger charge is -2.08. The number of nitrogen functional groups attached to an aromatic ring is 1. The molecule has 0 atom stereocenters. The van der Waals surface area contributed by atoms with Gasteiger partial charge in [0.15, 0.2) is 0 Å². The molecule has 110 valence electrons. The summed E-state index contributed by atoms with van der Waals surface area (Å²) in [5.41, 5.74) is 2.08. The number of nitrogens with one attached hydrogen (secondary N) is 1. The van der Waals surface area contributed by atoms with Gasteiger partial charge in [-0.05, 0) is 24.3 Å². The quantitative estimate of drug-likeness (QED) is 0.478. The average Bonchev–Trinajstić information content (AvgIpc) is 2.50. The van der Waals surface area contributed by atoms with Gasteiger partial charge in [0.05, 0.1) is 17.8 Å². The van der Waals surface area contributed by atoms with Crippen molar-refractivity contribution in [3.8, 4) is 5.75 Å². The van der Waals surface area contributed by atoms with Crippen LogP contribution in [0.15, 0.2) is 41.5 Å². The van der Waals surface area contributed by atoms with E-state index in [1.807, 2.05) is 5.43 Å². The molecule has 21 heavy (non-hydrogen) atoms. The number of aromatic nitrogens is 2. The molecule has 7 nitrogen and oxygen atoms in total. The van der Waals surface area contributed by atoms with E-state index in [2.05, 4.69) is 4.98 Å². The molecule has 0 unspecified atom stereocenters. The van der Waals surface area contributed by atoms with Gasteiger partial charge in [0.25, 0.3) is 5.91 Å². The minimum atomic E-state index is -0.391. The van der Waals surface area contributed by atoms with E-state index >= 15 is 0 Å². The molecule has 1 aromatic heterocycles. The standard InChI is InChI=1S/C13H13ClN4O3/c14-10-7-16-13(20)18(8-10)5-6-21-11-3-1-9(2-4-11)12(19)17-15/h1-4,7-8H,5-6,15H2,(H,17,19). The van der Waals surface area contributed by atoms with Gasteiger partial charge < -0.3 is 4.74 Å². The molecule has 0 aliphatic heterocycles. The molecule has 1 heterocycles. The number of halogens is 1. The smallest absolute Gasteiger partial charge is 0.347 e. The van der Waals surface area contributed by atoms with Crippen LogP contribution in [0.1, 0.15) is 10.4 Å². The number of carbonyl (C=O) groups is 1. The van der Waals surface area contributed by atoms with Crippen molar-refractivity contribution >= 4 is 17.5 Å². The maximum absolute atomic E-state index is 11.4. The molecular weight excluding hydrogens is 296 g/mol. The van der Waals surface area contributed by atoms with Gasteiger partial charge in [0.2, 0.25) is 0 Å². The fourth-order valence-electron chi connectivity index (χ4n) is 1.64. The summed E-state index contributed by atoms with van der Waals surface area (Å²) >= 11 is 5.76. The Balaban J connectivity index is 1.93. The van der Waals surface area contributed by atoms with Crippen LogP contribution in [0.5, 0.6) is 5.75 Å². The Morgan fingerprint density at radius 2 is 2.10 bits per heavy atom. The number of hydrazine groups is 1. The zero-order chi connectivity index (χ0) is 15.2. The highest BCUT2D eigenvalue weighted by Crippen LogP contribution is 2.12. The minimum Gasteiger partial charge on any atom is -0.492 e. The molecule has 1 aromatic carbocycles. The SMILES string of the molecule is NNC(=O)c1ccc(OCCn2cc(Cl)cnc2=O)cc1. The van der Waals surface area contributed by atoms with Crippen molar-refractivity contribution in [2.45, 2.75) is 6.54 Å². The van der Waals surface area contributed by atoms with Crippen LogP contribution in [-0.4, -0.2) is 22.1 Å². The highest BCUT2D eigenvalue weighted by molar-refractivity contribution is 6.30. The summed E-state index contributed by atoms with van der Waals surface area (Å²) in [6, 6.07) is 6.46. The van der Waals surface area contributed by atoms with Crippen LogP contribution in [0.25, 0.3) is 0 Å². The van der Waals surface area contributed by atoms with Crippen LogP contribution in [0.2, 0.25) is 5.02 Å². The van der Waals surface area contributed by atoms with E-state index in [9.17, 15) is 9.59 Å². The lowest BCUT2D eigenvalue weighted by atomic mass is 10.2. The Morgan fingerprint density at radius 3 is 2.76 bits per heavy atom. The Kier molecular flexibility index (Phi) is 4.91. The predicted molar refractivity (Wildman–Crippen MR) is 77.1 cm³/mol. The van der Waals surface area contributed by atoms with Crippen molar-refractivity contribution < 1.29 is 9.53 Å². The molecule has 3 N–H and O–H groups in total. The van der Waals surface area contributed by atoms with Crippen LogP contribution in [0, 0.1) is 0 Å². The normalized spacial score (nSPS) is 10.2. The summed E-state index contributed by atoms with van der Waals surface area (Å²) in [4.78, 5) is 26.3. The van der Waals surface area contributed by atoms with Crippen molar-refractivity contribution in [1.29, 1.82) is 0 Å². The number of nitrogens with two attached hydrogens (primary N) is 1. The van der Waals surface area contributed by atoms with Crippen LogP contribution in [0.3, 0.4) is 0 Å². The first-order valence-electron chi connectivity index (χ1n) is 6.06. The molecule has 2 rings (SSSR count). The van der Waals surface area contributed by atoms with E-state index < -0.39 is 5.69 Å². The molecule has 0 radical (unpaired) electrons. The fourth-order valence-corrected chi connectivity index (χ4v) is 1.80. The molecule has 0 aliphatic carbocycles. The van der Waals surface area contributed by atoms with Crippen LogP contribution < -0.4 is 21.7 Å². The summed E-state index contributed by atoms with van der Waals surface area (Å²) in [5.74, 6) is 5.23. The van der Waals surface area contributed by atoms with Crippen LogP contribution in [-0.2, 0) is 6.54 Å². The number of rotatable bonds is 5. The maximum Gasteiger partial charge on any atom is 0.347 e. The van der Waals surface area contributed by atoms with Crippen LogP contribution in [0.4, 0.5) is 0 Å². The zero-order valence-corrected chi connectivity index (χ0v) is 11.7. The number of benzene rings is 1. The second kappa shape index (κ2) is 6.87. The van der Waals surface area contributed by atoms with Gasteiger partial charge in [-0.25, -0.2) is 15.6 Å². The molecule has 0 aliphatic rings. The molecule has 8 heteroatoms. The van der Waals surface area contributed by atoms with Gasteiger partial charge in [-0.15, -0.1) is 0 Å². The van der Waals surface area contributed by atoms with Crippen molar-refractivity contribution in [1.82, 2.24) is 15.0 Å². The highest BCUT2D eigenvalue weighted by atomic mass is 35.5. The topological polar surface area (TPSA) is 99.2 Å². The van der Waals surface area contributed by atoms with Crippen molar-refractivity contribution in [3.63, 3.8) is 0 Å². The first-order valence-corrected chi connectivity index (χ1v) is 6.44. The van der Waals surface area contributed by atoms with E-state index in [1.165, 1.54) is 17.0 Å². The summed E-state index contributed by atoms with van der Waals surface area (Å²) < 4.78 is 6.84. The number of nitrogens with zero attached hydrogens (tertiary/aromatic N) is 2. The maximum atomic E-state index is 11.4. The van der Waals surface area contributed by atoms with E-state index in [4.69, 9.17) is 22.2 Å². The summed E-state index contributed by atoms with van der Waals surface area (Å²) in [7, 11) is 0. The number of amides is 1. The summed E-state index contributed by atoms with van der Waals surface area (Å²) in [6.07, 6.45) is 2.79. The lowest BCUT2D eigenvalue weighted by Crippen LogP contribution is -2.29. The summed E-state index contributed by atoms with van der Waals surface area (Å²) in [6.45, 7) is 0.585. The van der Waals surface area contributed by atoms with Crippen LogP contribution >= 0.6 is 11.6 Å². The van der Waals surface area contributed by atoms with Crippen molar-refractivity contribution in [3.05, 3.63) is 57.7 Å². The summed E-state index contributed by atoms with van der Waals surface area (Å²) in [5, 5.41) is 0.381. The second-order valence-electron chi connectivity index (χ2n) is 4.09. The van der Waals surface area contributed by atoms with Gasteiger partial charge >= 0.3 is 5.69 Å². The first-order chi connectivity index (χ1) is 10.1. The first kappa shape index (κ1) is 15.0. The number of hydrogen-bond donors (Lipinski definition) is 2. The third-order valence-corrected chi connectivity index (χ3v) is 2.87. The highest BCUT2D eigenvalue weighted by Gasteiger charge is 2.03. The molecule has 0 fully saturated rings. The third-order valence-electron chi connectivity index (χ3n) is 2.67. The predicted octanol–water partition coefficient (Wildman–Crippen LogP) is 0.579. The average molecular weight is 309 g/mol. The Morgan fingerprint density at radius 1 is 1.38 bits per heavy atom. The van der Waals surface area contributed by atoms with Gasteiger partial charge in [-0.2, -0.15) is 0 Å². The van der Waals surface area contributed by atoms with Gasteiger partial charge in [-0.1, -0.05) is 11.6 Å². The van der Waals surface area contributed by atoms with E-state index in [0.29, 0.717) is 22.9 Å². The van der Waals surface area contributed by atoms with Gasteiger partial charge in [-0.3, -0.25) is 14.8 Å². The van der Waals surface area contributed by atoms with E-state index in [0.717, 1.165) is 0 Å². The lowest BCUT2D eigenvalue weighted by molar-refractivity contribution is 0.0953. The number of carbonyl (C=O) groups excluding carboxylic acids is 1. The third kappa shape index (κ3) is 4.04. The molecule has 0 spiro atoms. The number of hydrogen-bond acceptors (Lipinski definition) is 5. The monoisotopic (exact) mass is 308 g/mol. The Labute approximate surface area is 125 Å². The Hall–Kier alpha value is -2.38. The van der Waals surface area contributed by atoms with Crippen molar-refractivity contribution in [2.75, 3.05) is 6.61 Å². The molecule has 1 amide bonds. The molecule has 2 aromatic rings. The largest absolute Gasteiger partial charge is 0.492 e. The minimum absolute atomic E-state index is 0.268. The van der Waals surface area contributed by atoms with E-state index in [1.54, 1.807) is 24.3 Å². The fraction of sp³-hybridized carbons (Fsp3) is 0.154. The van der Waals surface area contributed by atoms with Gasteiger partial charge in [0.1, 0.15) is 12.4 Å². The van der Waals surface area contributed by atoms with Gasteiger partial charge in [0, 0.05) is 11.8 Å². The van der Waals surface area contributed by atoms with Crippen molar-refractivity contribution in [2.24, 2.45) is 5.84 Å². The molecular formula is C13H13ClN4O3. The van der Waals surface area contributed by atoms with E-state index in [-0.39, 0.29) is 12.5 Å².